The number of phenols is 1. The molecular formula is C13H16FNO4. The fraction of sp³-hybridized carbons (Fsp3) is 0.462. The van der Waals surface area contributed by atoms with E-state index in [0.717, 1.165) is 6.07 Å². The smallest absolute Gasteiger partial charge is 0.258 e. The average Bonchev–Trinajstić information content (AvgIpc) is 2.39. The molecule has 1 aliphatic rings. The Labute approximate surface area is 110 Å². The van der Waals surface area contributed by atoms with Crippen LogP contribution in [0.15, 0.2) is 18.2 Å². The number of amides is 1. The van der Waals surface area contributed by atoms with E-state index < -0.39 is 28.6 Å². The van der Waals surface area contributed by atoms with Crippen LogP contribution in [0, 0.1) is 5.82 Å². The summed E-state index contributed by atoms with van der Waals surface area (Å²) in [4.78, 5) is 12.1. The molecule has 0 radical (unpaired) electrons. The summed E-state index contributed by atoms with van der Waals surface area (Å²) < 4.78 is 18.8. The minimum Gasteiger partial charge on any atom is -0.507 e. The molecule has 1 amide bonds. The second kappa shape index (κ2) is 5.54. The number of aromatic hydroxyl groups is 1. The maximum atomic E-state index is 13.6. The van der Waals surface area contributed by atoms with E-state index in [1.54, 1.807) is 0 Å². The average molecular weight is 269 g/mol. The molecular weight excluding hydrogens is 253 g/mol. The number of halogens is 1. The number of ether oxygens (including phenoxy) is 1. The van der Waals surface area contributed by atoms with Gasteiger partial charge in [-0.15, -0.1) is 0 Å². The predicted molar refractivity (Wildman–Crippen MR) is 65.4 cm³/mol. The molecule has 104 valence electrons. The summed E-state index contributed by atoms with van der Waals surface area (Å²) in [6.45, 7) is 0.589. The summed E-state index contributed by atoms with van der Waals surface area (Å²) in [5.41, 5.74) is -1.22. The number of aliphatic hydroxyl groups excluding tert-OH is 1. The molecule has 0 aromatic heterocycles. The third-order valence-electron chi connectivity index (χ3n) is 3.35. The predicted octanol–water partition coefficient (Wildman–Crippen LogP) is 0.803. The summed E-state index contributed by atoms with van der Waals surface area (Å²) >= 11 is 0. The van der Waals surface area contributed by atoms with Gasteiger partial charge in [0.25, 0.3) is 5.91 Å². The second-order valence-corrected chi connectivity index (χ2v) is 4.64. The SMILES string of the molecule is O=C(NC1(CO)CCOCC1)c1c(O)cccc1F. The lowest BCUT2D eigenvalue weighted by atomic mass is 9.90. The fourth-order valence-electron chi connectivity index (χ4n) is 2.13. The third kappa shape index (κ3) is 2.85. The Kier molecular flexibility index (Phi) is 4.01. The van der Waals surface area contributed by atoms with E-state index in [0.29, 0.717) is 26.1 Å². The molecule has 0 saturated carbocycles. The molecule has 19 heavy (non-hydrogen) atoms. The number of carbonyl (C=O) groups is 1. The molecule has 0 spiro atoms. The van der Waals surface area contributed by atoms with Gasteiger partial charge in [-0.2, -0.15) is 0 Å². The van der Waals surface area contributed by atoms with E-state index in [9.17, 15) is 19.4 Å². The van der Waals surface area contributed by atoms with E-state index in [4.69, 9.17) is 4.74 Å². The fourth-order valence-corrected chi connectivity index (χ4v) is 2.13. The highest BCUT2D eigenvalue weighted by Gasteiger charge is 2.34. The van der Waals surface area contributed by atoms with E-state index in [1.165, 1.54) is 12.1 Å². The molecule has 5 nitrogen and oxygen atoms in total. The van der Waals surface area contributed by atoms with Crippen LogP contribution in [0.4, 0.5) is 4.39 Å². The molecule has 1 saturated heterocycles. The standard InChI is InChI=1S/C13H16FNO4/c14-9-2-1-3-10(17)11(9)12(18)15-13(8-16)4-6-19-7-5-13/h1-3,16-17H,4-8H2,(H,15,18). The van der Waals surface area contributed by atoms with Crippen molar-refractivity contribution in [3.63, 3.8) is 0 Å². The maximum Gasteiger partial charge on any atom is 0.258 e. The molecule has 1 heterocycles. The van der Waals surface area contributed by atoms with E-state index >= 15 is 0 Å². The summed E-state index contributed by atoms with van der Waals surface area (Å²) in [6.07, 6.45) is 0.898. The van der Waals surface area contributed by atoms with Gasteiger partial charge in [0.05, 0.1) is 12.1 Å². The van der Waals surface area contributed by atoms with Crippen LogP contribution < -0.4 is 5.32 Å². The third-order valence-corrected chi connectivity index (χ3v) is 3.35. The van der Waals surface area contributed by atoms with Crippen molar-refractivity contribution in [1.29, 1.82) is 0 Å². The first-order valence-corrected chi connectivity index (χ1v) is 6.06. The molecule has 6 heteroatoms. The van der Waals surface area contributed by atoms with Gasteiger partial charge in [-0.25, -0.2) is 4.39 Å². The monoisotopic (exact) mass is 269 g/mol. The Morgan fingerprint density at radius 3 is 2.68 bits per heavy atom. The van der Waals surface area contributed by atoms with Crippen molar-refractivity contribution in [2.24, 2.45) is 0 Å². The molecule has 3 N–H and O–H groups in total. The van der Waals surface area contributed by atoms with E-state index in [2.05, 4.69) is 5.32 Å². The number of carbonyl (C=O) groups excluding carboxylic acids is 1. The second-order valence-electron chi connectivity index (χ2n) is 4.64. The maximum absolute atomic E-state index is 13.6. The molecule has 0 aliphatic carbocycles. The first kappa shape index (κ1) is 13.8. The van der Waals surface area contributed by atoms with Gasteiger partial charge in [-0.3, -0.25) is 4.79 Å². The van der Waals surface area contributed by atoms with Crippen molar-refractivity contribution < 1.29 is 24.1 Å². The zero-order valence-electron chi connectivity index (χ0n) is 10.4. The van der Waals surface area contributed by atoms with Gasteiger partial charge < -0.3 is 20.3 Å². The van der Waals surface area contributed by atoms with Crippen molar-refractivity contribution in [3.05, 3.63) is 29.6 Å². The first-order valence-electron chi connectivity index (χ1n) is 6.06. The van der Waals surface area contributed by atoms with Gasteiger partial charge in [-0.1, -0.05) is 6.07 Å². The van der Waals surface area contributed by atoms with Crippen LogP contribution in [0.3, 0.4) is 0 Å². The lowest BCUT2D eigenvalue weighted by molar-refractivity contribution is 0.0124. The highest BCUT2D eigenvalue weighted by atomic mass is 19.1. The van der Waals surface area contributed by atoms with Crippen LogP contribution in [0.5, 0.6) is 5.75 Å². The quantitative estimate of drug-likeness (QED) is 0.758. The minimum atomic E-state index is -0.815. The van der Waals surface area contributed by atoms with Crippen LogP contribution in [0.1, 0.15) is 23.2 Å². The van der Waals surface area contributed by atoms with Crippen molar-refractivity contribution in [1.82, 2.24) is 5.32 Å². The van der Waals surface area contributed by atoms with Crippen molar-refractivity contribution in [2.75, 3.05) is 19.8 Å². The van der Waals surface area contributed by atoms with Crippen LogP contribution in [-0.2, 0) is 4.74 Å². The minimum absolute atomic E-state index is 0.253. The summed E-state index contributed by atoms with van der Waals surface area (Å²) in [7, 11) is 0. The van der Waals surface area contributed by atoms with Gasteiger partial charge in [0.15, 0.2) is 0 Å². The number of benzene rings is 1. The van der Waals surface area contributed by atoms with Gasteiger partial charge in [-0.05, 0) is 25.0 Å². The number of hydrogen-bond donors (Lipinski definition) is 3. The van der Waals surface area contributed by atoms with Gasteiger partial charge in [0.2, 0.25) is 0 Å². The van der Waals surface area contributed by atoms with Crippen molar-refractivity contribution in [3.8, 4) is 5.75 Å². The van der Waals surface area contributed by atoms with Crippen LogP contribution >= 0.6 is 0 Å². The zero-order chi connectivity index (χ0) is 13.9. The lowest BCUT2D eigenvalue weighted by Gasteiger charge is -2.36. The van der Waals surface area contributed by atoms with Crippen LogP contribution in [-0.4, -0.2) is 41.5 Å². The highest BCUT2D eigenvalue weighted by Crippen LogP contribution is 2.24. The van der Waals surface area contributed by atoms with Gasteiger partial charge in [0, 0.05) is 13.2 Å². The van der Waals surface area contributed by atoms with Crippen molar-refractivity contribution >= 4 is 5.91 Å². The Morgan fingerprint density at radius 2 is 2.11 bits per heavy atom. The van der Waals surface area contributed by atoms with E-state index in [-0.39, 0.29) is 6.61 Å². The number of aliphatic hydroxyl groups is 1. The normalized spacial score (nSPS) is 18.0. The molecule has 0 atom stereocenters. The largest absolute Gasteiger partial charge is 0.507 e. The number of phenolic OH excluding ortho intramolecular Hbond substituents is 1. The molecule has 0 bridgehead atoms. The highest BCUT2D eigenvalue weighted by molar-refractivity contribution is 5.97. The molecule has 1 aromatic rings. The van der Waals surface area contributed by atoms with E-state index in [1.807, 2.05) is 0 Å². The lowest BCUT2D eigenvalue weighted by Crippen LogP contribution is -2.54. The van der Waals surface area contributed by atoms with Crippen LogP contribution in [0.25, 0.3) is 0 Å². The summed E-state index contributed by atoms with van der Waals surface area (Å²) in [5.74, 6) is -1.94. The Bertz CT molecular complexity index is 451. The first-order chi connectivity index (χ1) is 9.08. The molecule has 1 aliphatic heterocycles. The topological polar surface area (TPSA) is 78.8 Å². The van der Waals surface area contributed by atoms with Crippen LogP contribution in [0.2, 0.25) is 0 Å². The molecule has 2 rings (SSSR count). The van der Waals surface area contributed by atoms with Gasteiger partial charge >= 0.3 is 0 Å². The molecule has 1 aromatic carbocycles. The number of hydrogen-bond acceptors (Lipinski definition) is 4. The molecule has 1 fully saturated rings. The Hall–Kier alpha value is -1.66. The summed E-state index contributed by atoms with van der Waals surface area (Å²) in [6, 6.07) is 3.66. The van der Waals surface area contributed by atoms with Gasteiger partial charge in [0.1, 0.15) is 17.1 Å². The van der Waals surface area contributed by atoms with Crippen molar-refractivity contribution in [2.45, 2.75) is 18.4 Å². The zero-order valence-corrected chi connectivity index (χ0v) is 10.4. The molecule has 0 unspecified atom stereocenters. The Balaban J connectivity index is 2.20. The summed E-state index contributed by atoms with van der Waals surface area (Å²) in [5, 5.41) is 21.6. The number of rotatable bonds is 3. The number of nitrogens with one attached hydrogen (secondary N) is 1. The Morgan fingerprint density at radius 1 is 1.42 bits per heavy atom.